The van der Waals surface area contributed by atoms with Gasteiger partial charge >= 0.3 is 5.97 Å². The highest BCUT2D eigenvalue weighted by atomic mass is 32.2. The minimum absolute atomic E-state index is 0.166. The van der Waals surface area contributed by atoms with Crippen molar-refractivity contribution in [3.05, 3.63) is 29.8 Å². The zero-order valence-electron chi connectivity index (χ0n) is 9.76. The fourth-order valence-corrected chi connectivity index (χ4v) is 2.16. The second-order valence-corrected chi connectivity index (χ2v) is 5.25. The van der Waals surface area contributed by atoms with Gasteiger partial charge in [0.15, 0.2) is 5.75 Å². The van der Waals surface area contributed by atoms with E-state index in [0.29, 0.717) is 5.69 Å². The molecule has 0 radical (unpaired) electrons. The van der Waals surface area contributed by atoms with Gasteiger partial charge in [0.2, 0.25) is 10.0 Å². The molecule has 1 aromatic rings. The number of esters is 1. The molecule has 0 saturated heterocycles. The number of aryl methyl sites for hydroxylation is 1. The van der Waals surface area contributed by atoms with Gasteiger partial charge in [0.25, 0.3) is 0 Å². The van der Waals surface area contributed by atoms with Crippen LogP contribution in [-0.4, -0.2) is 26.7 Å². The Hall–Kier alpha value is -1.56. The van der Waals surface area contributed by atoms with Gasteiger partial charge in [0.1, 0.15) is 0 Å². The van der Waals surface area contributed by atoms with Crippen molar-refractivity contribution in [3.8, 4) is 0 Å². The topological polar surface area (TPSA) is 72.5 Å². The molecule has 0 aromatic heterocycles. The van der Waals surface area contributed by atoms with E-state index in [2.05, 4.69) is 9.46 Å². The van der Waals surface area contributed by atoms with E-state index in [-0.39, 0.29) is 6.61 Å². The summed E-state index contributed by atoms with van der Waals surface area (Å²) in [7, 11) is -3.69. The zero-order valence-corrected chi connectivity index (χ0v) is 10.6. The second kappa shape index (κ2) is 5.67. The largest absolute Gasteiger partial charge is 0.465 e. The van der Waals surface area contributed by atoms with E-state index < -0.39 is 21.7 Å². The molecule has 0 bridgehead atoms. The number of anilines is 1. The molecule has 0 unspecified atom stereocenters. The number of rotatable bonds is 5. The Morgan fingerprint density at radius 3 is 2.41 bits per heavy atom. The molecule has 0 fully saturated rings. The molecule has 1 N–H and O–H groups in total. The van der Waals surface area contributed by atoms with Crippen LogP contribution in [0.15, 0.2) is 24.3 Å². The van der Waals surface area contributed by atoms with Crippen molar-refractivity contribution in [2.45, 2.75) is 13.8 Å². The third kappa shape index (κ3) is 4.86. The molecule has 6 heteroatoms. The molecule has 1 rings (SSSR count). The summed E-state index contributed by atoms with van der Waals surface area (Å²) in [6, 6.07) is 6.83. The first-order chi connectivity index (χ1) is 7.93. The van der Waals surface area contributed by atoms with E-state index in [4.69, 9.17) is 0 Å². The molecule has 0 atom stereocenters. The number of hydrogen-bond donors (Lipinski definition) is 1. The lowest BCUT2D eigenvalue weighted by atomic mass is 10.2. The Labute approximate surface area is 101 Å². The third-order valence-electron chi connectivity index (χ3n) is 1.94. The van der Waals surface area contributed by atoms with E-state index in [0.717, 1.165) is 5.56 Å². The normalized spacial score (nSPS) is 10.9. The molecular weight excluding hydrogens is 242 g/mol. The predicted molar refractivity (Wildman–Crippen MR) is 65.2 cm³/mol. The van der Waals surface area contributed by atoms with Gasteiger partial charge in [-0.1, -0.05) is 17.7 Å². The minimum atomic E-state index is -3.69. The second-order valence-electron chi connectivity index (χ2n) is 3.53. The van der Waals surface area contributed by atoms with E-state index in [1.165, 1.54) is 0 Å². The Bertz CT molecular complexity index is 479. The monoisotopic (exact) mass is 257 g/mol. The molecule has 94 valence electrons. The molecule has 17 heavy (non-hydrogen) atoms. The van der Waals surface area contributed by atoms with E-state index in [9.17, 15) is 13.2 Å². The number of sulfonamides is 1. The summed E-state index contributed by atoms with van der Waals surface area (Å²) in [6.45, 7) is 3.69. The van der Waals surface area contributed by atoms with Crippen LogP contribution >= 0.6 is 0 Å². The third-order valence-corrected chi connectivity index (χ3v) is 3.10. The summed E-state index contributed by atoms with van der Waals surface area (Å²) in [6.07, 6.45) is 0. The highest BCUT2D eigenvalue weighted by Gasteiger charge is 2.17. The smallest absolute Gasteiger partial charge is 0.323 e. The van der Waals surface area contributed by atoms with Crippen molar-refractivity contribution in [1.29, 1.82) is 0 Å². The summed E-state index contributed by atoms with van der Waals surface area (Å²) in [5.74, 6) is -1.43. The van der Waals surface area contributed by atoms with Crippen LogP contribution in [0.4, 0.5) is 5.69 Å². The van der Waals surface area contributed by atoms with E-state index in [1.54, 1.807) is 31.2 Å². The Morgan fingerprint density at radius 1 is 1.29 bits per heavy atom. The number of nitrogens with one attached hydrogen (secondary N) is 1. The van der Waals surface area contributed by atoms with Crippen LogP contribution in [0.5, 0.6) is 0 Å². The SMILES string of the molecule is CCOC(=O)CS(=O)(=O)Nc1ccc(C)cc1. The number of carbonyl (C=O) groups is 1. The summed E-state index contributed by atoms with van der Waals surface area (Å²) >= 11 is 0. The maximum absolute atomic E-state index is 11.6. The highest BCUT2D eigenvalue weighted by molar-refractivity contribution is 7.93. The van der Waals surface area contributed by atoms with Crippen LogP contribution in [0.1, 0.15) is 12.5 Å². The fourth-order valence-electron chi connectivity index (χ4n) is 1.20. The van der Waals surface area contributed by atoms with Gasteiger partial charge in [-0.3, -0.25) is 9.52 Å². The summed E-state index contributed by atoms with van der Waals surface area (Å²) in [4.78, 5) is 11.1. The van der Waals surface area contributed by atoms with Gasteiger partial charge in [-0.05, 0) is 26.0 Å². The summed E-state index contributed by atoms with van der Waals surface area (Å²) in [5, 5.41) is 0. The molecule has 5 nitrogen and oxygen atoms in total. The number of benzene rings is 1. The Kier molecular flexibility index (Phi) is 4.51. The van der Waals surface area contributed by atoms with Crippen molar-refractivity contribution in [2.75, 3.05) is 17.1 Å². The van der Waals surface area contributed by atoms with Gasteiger partial charge in [-0.25, -0.2) is 8.42 Å². The molecule has 1 aromatic carbocycles. The Morgan fingerprint density at radius 2 is 1.88 bits per heavy atom. The van der Waals surface area contributed by atoms with Gasteiger partial charge in [0, 0.05) is 5.69 Å². The zero-order chi connectivity index (χ0) is 12.9. The van der Waals surface area contributed by atoms with Crippen LogP contribution in [-0.2, 0) is 19.6 Å². The van der Waals surface area contributed by atoms with E-state index in [1.807, 2.05) is 6.92 Å². The van der Waals surface area contributed by atoms with Crippen LogP contribution in [0, 0.1) is 6.92 Å². The van der Waals surface area contributed by atoms with Gasteiger partial charge in [-0.15, -0.1) is 0 Å². The molecule has 0 spiro atoms. The van der Waals surface area contributed by atoms with Crippen LogP contribution in [0.2, 0.25) is 0 Å². The first kappa shape index (κ1) is 13.5. The summed E-state index contributed by atoms with van der Waals surface area (Å²) in [5.41, 5.74) is 1.46. The first-order valence-electron chi connectivity index (χ1n) is 5.16. The lowest BCUT2D eigenvalue weighted by Crippen LogP contribution is -2.24. The van der Waals surface area contributed by atoms with Crippen molar-refractivity contribution >= 4 is 21.7 Å². The predicted octanol–water partition coefficient (Wildman–Crippen LogP) is 1.30. The van der Waals surface area contributed by atoms with Crippen LogP contribution < -0.4 is 4.72 Å². The molecule has 0 saturated carbocycles. The number of carbonyl (C=O) groups excluding carboxylic acids is 1. The van der Waals surface area contributed by atoms with Crippen LogP contribution in [0.3, 0.4) is 0 Å². The Balaban J connectivity index is 2.66. The number of ether oxygens (including phenoxy) is 1. The highest BCUT2D eigenvalue weighted by Crippen LogP contribution is 2.10. The molecule has 0 heterocycles. The van der Waals surface area contributed by atoms with Gasteiger partial charge in [-0.2, -0.15) is 0 Å². The van der Waals surface area contributed by atoms with E-state index >= 15 is 0 Å². The van der Waals surface area contributed by atoms with Gasteiger partial charge in [0.05, 0.1) is 6.61 Å². The van der Waals surface area contributed by atoms with Crippen molar-refractivity contribution < 1.29 is 17.9 Å². The maximum Gasteiger partial charge on any atom is 0.323 e. The molecule has 0 aliphatic rings. The van der Waals surface area contributed by atoms with Crippen molar-refractivity contribution in [2.24, 2.45) is 0 Å². The minimum Gasteiger partial charge on any atom is -0.465 e. The lowest BCUT2D eigenvalue weighted by Gasteiger charge is -2.07. The quantitative estimate of drug-likeness (QED) is 0.807. The molecule has 0 aliphatic heterocycles. The van der Waals surface area contributed by atoms with Crippen LogP contribution in [0.25, 0.3) is 0 Å². The maximum atomic E-state index is 11.6. The number of hydrogen-bond acceptors (Lipinski definition) is 4. The molecular formula is C11H15NO4S. The molecule has 0 aliphatic carbocycles. The van der Waals surface area contributed by atoms with Crippen molar-refractivity contribution in [1.82, 2.24) is 0 Å². The fraction of sp³-hybridized carbons (Fsp3) is 0.364. The standard InChI is InChI=1S/C11H15NO4S/c1-3-16-11(13)8-17(14,15)12-10-6-4-9(2)5-7-10/h4-7,12H,3,8H2,1-2H3. The average Bonchev–Trinajstić information content (AvgIpc) is 2.20. The summed E-state index contributed by atoms with van der Waals surface area (Å²) < 4.78 is 30.0. The molecule has 0 amide bonds. The lowest BCUT2D eigenvalue weighted by molar-refractivity contribution is -0.139. The van der Waals surface area contributed by atoms with Gasteiger partial charge < -0.3 is 4.74 Å². The van der Waals surface area contributed by atoms with Crippen molar-refractivity contribution in [3.63, 3.8) is 0 Å². The average molecular weight is 257 g/mol. The first-order valence-corrected chi connectivity index (χ1v) is 6.81.